The lowest BCUT2D eigenvalue weighted by Gasteiger charge is -2.32. The van der Waals surface area contributed by atoms with Gasteiger partial charge in [0.05, 0.1) is 11.2 Å². The van der Waals surface area contributed by atoms with Gasteiger partial charge in [-0.15, -0.1) is 0 Å². The molecule has 0 unspecified atom stereocenters. The molecule has 33 heavy (non-hydrogen) atoms. The van der Waals surface area contributed by atoms with Gasteiger partial charge < -0.3 is 9.31 Å². The van der Waals surface area contributed by atoms with Crippen molar-refractivity contribution in [2.45, 2.75) is 38.9 Å². The van der Waals surface area contributed by atoms with Gasteiger partial charge in [-0.3, -0.25) is 0 Å². The van der Waals surface area contributed by atoms with Gasteiger partial charge in [0.25, 0.3) is 0 Å². The van der Waals surface area contributed by atoms with E-state index in [1.165, 1.54) is 43.4 Å². The smallest absolute Gasteiger partial charge is 0.399 e. The Morgan fingerprint density at radius 3 is 1.91 bits per heavy atom. The predicted octanol–water partition coefficient (Wildman–Crippen LogP) is 7.11. The minimum Gasteiger partial charge on any atom is -0.399 e. The zero-order chi connectivity index (χ0) is 22.8. The Morgan fingerprint density at radius 2 is 1.15 bits per heavy atom. The van der Waals surface area contributed by atoms with Gasteiger partial charge in [0.2, 0.25) is 0 Å². The van der Waals surface area contributed by atoms with Gasteiger partial charge >= 0.3 is 7.12 Å². The molecule has 5 aromatic rings. The van der Waals surface area contributed by atoms with Gasteiger partial charge in [-0.2, -0.15) is 0 Å². The number of fused-ring (bicyclic) bond motifs is 4. The fraction of sp³-hybridized carbons (Fsp3) is 0.200. The molecule has 2 nitrogen and oxygen atoms in total. The highest BCUT2D eigenvalue weighted by atomic mass is 16.7. The van der Waals surface area contributed by atoms with Crippen LogP contribution in [0.2, 0.25) is 0 Å². The molecule has 1 saturated heterocycles. The molecule has 1 aliphatic heterocycles. The van der Waals surface area contributed by atoms with Crippen molar-refractivity contribution < 1.29 is 9.31 Å². The molecule has 0 saturated carbocycles. The maximum Gasteiger partial charge on any atom is 0.494 e. The van der Waals surface area contributed by atoms with Crippen LogP contribution in [0.1, 0.15) is 27.7 Å². The molecule has 0 bridgehead atoms. The lowest BCUT2D eigenvalue weighted by Crippen LogP contribution is -2.41. The van der Waals surface area contributed by atoms with Crippen molar-refractivity contribution in [2.24, 2.45) is 0 Å². The number of benzene rings is 5. The summed E-state index contributed by atoms with van der Waals surface area (Å²) >= 11 is 0. The number of rotatable bonds is 2. The molecule has 1 heterocycles. The minimum absolute atomic E-state index is 0.340. The van der Waals surface area contributed by atoms with E-state index in [0.717, 1.165) is 5.46 Å². The summed E-state index contributed by atoms with van der Waals surface area (Å²) in [6, 6.07) is 32.9. The maximum atomic E-state index is 6.26. The van der Waals surface area contributed by atoms with Crippen LogP contribution in [-0.4, -0.2) is 18.3 Å². The average Bonchev–Trinajstić information content (AvgIpc) is 3.04. The van der Waals surface area contributed by atoms with E-state index in [1.807, 2.05) is 0 Å². The molecule has 6 rings (SSSR count). The van der Waals surface area contributed by atoms with Crippen LogP contribution in [0.5, 0.6) is 0 Å². The second kappa shape index (κ2) is 7.18. The van der Waals surface area contributed by atoms with Crippen LogP contribution in [0.25, 0.3) is 43.4 Å². The topological polar surface area (TPSA) is 18.5 Å². The summed E-state index contributed by atoms with van der Waals surface area (Å²) in [6.07, 6.45) is 0. The van der Waals surface area contributed by atoms with Crippen LogP contribution in [0.3, 0.4) is 0 Å². The molecule has 1 aliphatic rings. The van der Waals surface area contributed by atoms with Crippen LogP contribution in [0, 0.1) is 0 Å². The molecular weight excluding hydrogens is 403 g/mol. The average molecular weight is 430 g/mol. The van der Waals surface area contributed by atoms with Crippen LogP contribution in [0.4, 0.5) is 0 Å². The Labute approximate surface area is 195 Å². The van der Waals surface area contributed by atoms with Gasteiger partial charge in [-0.25, -0.2) is 0 Å². The standard InChI is InChI=1S/C30H27BO2/c1-29(2)30(3,4)33-31(32-29)24-16-15-20-17-23(14-13-21(20)18-24)28-19-22-9-5-6-10-25(22)26-11-7-8-12-27(26)28/h5-19H,1-4H3. The first-order valence-electron chi connectivity index (χ1n) is 11.6. The molecule has 5 aromatic carbocycles. The summed E-state index contributed by atoms with van der Waals surface area (Å²) in [5.41, 5.74) is 2.88. The molecule has 0 aliphatic carbocycles. The van der Waals surface area contributed by atoms with E-state index < -0.39 is 0 Å². The van der Waals surface area contributed by atoms with E-state index in [9.17, 15) is 0 Å². The van der Waals surface area contributed by atoms with Crippen molar-refractivity contribution in [2.75, 3.05) is 0 Å². The normalized spacial score (nSPS) is 17.3. The lowest BCUT2D eigenvalue weighted by atomic mass is 9.78. The molecule has 0 aromatic heterocycles. The number of hydrogen-bond donors (Lipinski definition) is 0. The second-order valence-corrected chi connectivity index (χ2v) is 10.1. The van der Waals surface area contributed by atoms with E-state index in [1.54, 1.807) is 0 Å². The van der Waals surface area contributed by atoms with Crippen LogP contribution in [0.15, 0.2) is 91.0 Å². The first kappa shape index (κ1) is 20.5. The highest BCUT2D eigenvalue weighted by Gasteiger charge is 2.51. The third-order valence-corrected chi connectivity index (χ3v) is 7.47. The molecular formula is C30H27BO2. The Balaban J connectivity index is 1.45. The van der Waals surface area contributed by atoms with E-state index in [4.69, 9.17) is 9.31 Å². The highest BCUT2D eigenvalue weighted by Crippen LogP contribution is 2.38. The zero-order valence-electron chi connectivity index (χ0n) is 19.6. The third kappa shape index (κ3) is 3.27. The van der Waals surface area contributed by atoms with Gasteiger partial charge in [0, 0.05) is 0 Å². The van der Waals surface area contributed by atoms with Crippen LogP contribution in [-0.2, 0) is 9.31 Å². The van der Waals surface area contributed by atoms with E-state index >= 15 is 0 Å². The quantitative estimate of drug-likeness (QED) is 0.219. The Kier molecular flexibility index (Phi) is 4.45. The van der Waals surface area contributed by atoms with E-state index in [0.29, 0.717) is 0 Å². The van der Waals surface area contributed by atoms with E-state index in [2.05, 4.69) is 119 Å². The predicted molar refractivity (Wildman–Crippen MR) is 140 cm³/mol. The van der Waals surface area contributed by atoms with Crippen molar-refractivity contribution in [3.05, 3.63) is 91.0 Å². The summed E-state index contributed by atoms with van der Waals surface area (Å²) in [6.45, 7) is 8.37. The monoisotopic (exact) mass is 430 g/mol. The summed E-state index contributed by atoms with van der Waals surface area (Å²) in [7, 11) is -0.344. The second-order valence-electron chi connectivity index (χ2n) is 10.1. The molecule has 162 valence electrons. The van der Waals surface area contributed by atoms with Crippen LogP contribution >= 0.6 is 0 Å². The Morgan fingerprint density at radius 1 is 0.545 bits per heavy atom. The van der Waals surface area contributed by atoms with Gasteiger partial charge in [-0.05, 0) is 88.7 Å². The van der Waals surface area contributed by atoms with Crippen molar-refractivity contribution in [3.8, 4) is 11.1 Å². The summed E-state index contributed by atoms with van der Waals surface area (Å²) in [5.74, 6) is 0. The molecule has 0 atom stereocenters. The molecule has 0 amide bonds. The third-order valence-electron chi connectivity index (χ3n) is 7.47. The maximum absolute atomic E-state index is 6.26. The molecule has 1 fully saturated rings. The van der Waals surface area contributed by atoms with Crippen LogP contribution < -0.4 is 5.46 Å². The molecule has 3 heteroatoms. The van der Waals surface area contributed by atoms with Gasteiger partial charge in [0.15, 0.2) is 0 Å². The highest BCUT2D eigenvalue weighted by molar-refractivity contribution is 6.62. The molecule has 0 radical (unpaired) electrons. The summed E-state index contributed by atoms with van der Waals surface area (Å²) in [5, 5.41) is 7.54. The zero-order valence-corrected chi connectivity index (χ0v) is 19.6. The largest absolute Gasteiger partial charge is 0.494 e. The summed E-state index contributed by atoms with van der Waals surface area (Å²) < 4.78 is 12.5. The van der Waals surface area contributed by atoms with Crippen molar-refractivity contribution in [1.29, 1.82) is 0 Å². The minimum atomic E-state index is -0.344. The van der Waals surface area contributed by atoms with Crippen molar-refractivity contribution in [3.63, 3.8) is 0 Å². The first-order chi connectivity index (χ1) is 15.8. The van der Waals surface area contributed by atoms with Gasteiger partial charge in [0.1, 0.15) is 0 Å². The molecule has 0 spiro atoms. The first-order valence-corrected chi connectivity index (χ1v) is 11.6. The molecule has 0 N–H and O–H groups in total. The Bertz CT molecular complexity index is 1520. The lowest BCUT2D eigenvalue weighted by molar-refractivity contribution is 0.00578. The van der Waals surface area contributed by atoms with Gasteiger partial charge in [-0.1, -0.05) is 78.9 Å². The Hall–Kier alpha value is -3.14. The fourth-order valence-electron chi connectivity index (χ4n) is 4.85. The fourth-order valence-corrected chi connectivity index (χ4v) is 4.85. The van der Waals surface area contributed by atoms with Crippen molar-refractivity contribution >= 4 is 44.9 Å². The van der Waals surface area contributed by atoms with E-state index in [-0.39, 0.29) is 18.3 Å². The summed E-state index contributed by atoms with van der Waals surface area (Å²) in [4.78, 5) is 0. The van der Waals surface area contributed by atoms with Crippen molar-refractivity contribution in [1.82, 2.24) is 0 Å². The number of hydrogen-bond acceptors (Lipinski definition) is 2. The SMILES string of the molecule is CC1(C)OB(c2ccc3cc(-c4cc5ccccc5c5ccccc45)ccc3c2)OC1(C)C.